The molecule has 0 aromatic heterocycles. The minimum atomic E-state index is -0.578. The van der Waals surface area contributed by atoms with Gasteiger partial charge in [-0.25, -0.2) is 4.79 Å². The van der Waals surface area contributed by atoms with E-state index in [4.69, 9.17) is 10.5 Å². The van der Waals surface area contributed by atoms with Crippen LogP contribution >= 0.6 is 0 Å². The lowest BCUT2D eigenvalue weighted by atomic mass is 10.1. The zero-order valence-electron chi connectivity index (χ0n) is 17.1. The van der Waals surface area contributed by atoms with Gasteiger partial charge in [-0.1, -0.05) is 12.1 Å². The van der Waals surface area contributed by atoms with Crippen LogP contribution < -0.4 is 16.0 Å². The van der Waals surface area contributed by atoms with Gasteiger partial charge in [-0.3, -0.25) is 14.5 Å². The van der Waals surface area contributed by atoms with E-state index in [1.165, 1.54) is 7.11 Å². The minimum Gasteiger partial charge on any atom is -0.465 e. The first-order valence-corrected chi connectivity index (χ1v) is 9.75. The molecule has 2 aromatic carbocycles. The van der Waals surface area contributed by atoms with E-state index in [-0.39, 0.29) is 24.5 Å². The van der Waals surface area contributed by atoms with Gasteiger partial charge in [-0.2, -0.15) is 0 Å². The number of rotatable bonds is 6. The van der Waals surface area contributed by atoms with Crippen LogP contribution in [0.2, 0.25) is 0 Å². The fourth-order valence-corrected chi connectivity index (χ4v) is 3.57. The second-order valence-electron chi connectivity index (χ2n) is 7.26. The number of hydrogen-bond acceptors (Lipinski definition) is 6. The van der Waals surface area contributed by atoms with Crippen molar-refractivity contribution in [3.05, 3.63) is 59.7 Å². The highest BCUT2D eigenvalue weighted by molar-refractivity contribution is 6.03. The van der Waals surface area contributed by atoms with Crippen molar-refractivity contribution in [2.24, 2.45) is 5.73 Å². The summed E-state index contributed by atoms with van der Waals surface area (Å²) in [6.45, 7) is 4.52. The summed E-state index contributed by atoms with van der Waals surface area (Å²) >= 11 is 0. The monoisotopic (exact) mass is 410 g/mol. The fraction of sp³-hybridized carbons (Fsp3) is 0.318. The summed E-state index contributed by atoms with van der Waals surface area (Å²) in [4.78, 5) is 39.9. The average Bonchev–Trinajstić information content (AvgIpc) is 2.75. The number of nitrogens with two attached hydrogens (primary N) is 1. The highest BCUT2D eigenvalue weighted by atomic mass is 16.5. The van der Waals surface area contributed by atoms with Gasteiger partial charge in [0.25, 0.3) is 5.91 Å². The molecule has 8 nitrogen and oxygen atoms in total. The van der Waals surface area contributed by atoms with Crippen molar-refractivity contribution in [2.45, 2.75) is 13.0 Å². The molecule has 1 atom stereocenters. The van der Waals surface area contributed by atoms with Gasteiger partial charge in [0.15, 0.2) is 0 Å². The molecule has 8 heteroatoms. The number of benzene rings is 2. The fourth-order valence-electron chi connectivity index (χ4n) is 3.57. The molecule has 2 amide bonds. The van der Waals surface area contributed by atoms with Crippen molar-refractivity contribution in [3.63, 3.8) is 0 Å². The third-order valence-electron chi connectivity index (χ3n) is 5.23. The molecule has 0 spiro atoms. The SMILES string of the molecule is COC(=O)c1ccc(N2CCN(CC(=O)Nc3ccccc3C(N)=O)C(C)C2)cc1. The number of primary amides is 1. The number of piperazine rings is 1. The van der Waals surface area contributed by atoms with Crippen molar-refractivity contribution >= 4 is 29.2 Å². The van der Waals surface area contributed by atoms with Gasteiger partial charge in [0, 0.05) is 31.4 Å². The van der Waals surface area contributed by atoms with Crippen molar-refractivity contribution in [1.29, 1.82) is 0 Å². The van der Waals surface area contributed by atoms with Crippen molar-refractivity contribution in [2.75, 3.05) is 43.5 Å². The van der Waals surface area contributed by atoms with E-state index >= 15 is 0 Å². The second kappa shape index (κ2) is 9.41. The van der Waals surface area contributed by atoms with Gasteiger partial charge in [0.2, 0.25) is 5.91 Å². The van der Waals surface area contributed by atoms with E-state index in [0.717, 1.165) is 18.8 Å². The third-order valence-corrected chi connectivity index (χ3v) is 5.23. The van der Waals surface area contributed by atoms with Crippen LogP contribution in [0.4, 0.5) is 11.4 Å². The summed E-state index contributed by atoms with van der Waals surface area (Å²) < 4.78 is 4.73. The van der Waals surface area contributed by atoms with Crippen molar-refractivity contribution in [1.82, 2.24) is 4.90 Å². The average molecular weight is 410 g/mol. The number of amides is 2. The molecule has 1 aliphatic rings. The van der Waals surface area contributed by atoms with Crippen LogP contribution in [0.15, 0.2) is 48.5 Å². The summed E-state index contributed by atoms with van der Waals surface area (Å²) in [5.41, 5.74) is 7.62. The normalized spacial score (nSPS) is 16.7. The Hall–Kier alpha value is -3.39. The van der Waals surface area contributed by atoms with Crippen molar-refractivity contribution < 1.29 is 19.1 Å². The molecule has 0 saturated carbocycles. The smallest absolute Gasteiger partial charge is 0.337 e. The largest absolute Gasteiger partial charge is 0.465 e. The quantitative estimate of drug-likeness (QED) is 0.703. The maximum absolute atomic E-state index is 12.5. The molecular weight excluding hydrogens is 384 g/mol. The van der Waals surface area contributed by atoms with Gasteiger partial charge in [-0.05, 0) is 43.3 Å². The van der Waals surface area contributed by atoms with E-state index in [1.807, 2.05) is 12.1 Å². The zero-order chi connectivity index (χ0) is 21.7. The first-order chi connectivity index (χ1) is 14.4. The Labute approximate surface area is 175 Å². The second-order valence-corrected chi connectivity index (χ2v) is 7.26. The first-order valence-electron chi connectivity index (χ1n) is 9.75. The number of methoxy groups -OCH3 is 1. The number of carbonyl (C=O) groups is 3. The summed E-state index contributed by atoms with van der Waals surface area (Å²) in [5, 5.41) is 2.79. The van der Waals surface area contributed by atoms with Crippen LogP contribution in [0.25, 0.3) is 0 Å². The van der Waals surface area contributed by atoms with E-state index in [9.17, 15) is 14.4 Å². The Morgan fingerprint density at radius 2 is 1.80 bits per heavy atom. The number of anilines is 2. The molecular formula is C22H26N4O4. The molecule has 1 unspecified atom stereocenters. The number of hydrogen-bond donors (Lipinski definition) is 2. The third kappa shape index (κ3) is 4.96. The van der Waals surface area contributed by atoms with Crippen LogP contribution in [-0.4, -0.2) is 62.0 Å². The van der Waals surface area contributed by atoms with Crippen molar-refractivity contribution in [3.8, 4) is 0 Å². The maximum atomic E-state index is 12.5. The lowest BCUT2D eigenvalue weighted by Crippen LogP contribution is -2.53. The Morgan fingerprint density at radius 3 is 2.43 bits per heavy atom. The minimum absolute atomic E-state index is 0.149. The predicted molar refractivity (Wildman–Crippen MR) is 115 cm³/mol. The van der Waals surface area contributed by atoms with E-state index in [0.29, 0.717) is 23.4 Å². The number of esters is 1. The lowest BCUT2D eigenvalue weighted by molar-refractivity contribution is -0.117. The number of carbonyl (C=O) groups excluding carboxylic acids is 3. The predicted octanol–water partition coefficient (Wildman–Crippen LogP) is 1.72. The molecule has 0 aliphatic carbocycles. The first kappa shape index (κ1) is 21.3. The molecule has 158 valence electrons. The van der Waals surface area contributed by atoms with E-state index in [1.54, 1.807) is 36.4 Å². The van der Waals surface area contributed by atoms with E-state index in [2.05, 4.69) is 22.0 Å². The van der Waals surface area contributed by atoms with Crippen LogP contribution in [0.5, 0.6) is 0 Å². The Bertz CT molecular complexity index is 929. The molecule has 3 rings (SSSR count). The molecule has 0 bridgehead atoms. The van der Waals surface area contributed by atoms with Crippen LogP contribution in [0.1, 0.15) is 27.6 Å². The molecule has 1 saturated heterocycles. The molecule has 3 N–H and O–H groups in total. The molecule has 1 fully saturated rings. The summed E-state index contributed by atoms with van der Waals surface area (Å²) in [6.07, 6.45) is 0. The Morgan fingerprint density at radius 1 is 1.10 bits per heavy atom. The maximum Gasteiger partial charge on any atom is 0.337 e. The van der Waals surface area contributed by atoms with Gasteiger partial charge in [0.1, 0.15) is 0 Å². The number of para-hydroxylation sites is 1. The van der Waals surface area contributed by atoms with Crippen LogP contribution in [-0.2, 0) is 9.53 Å². The number of nitrogens with one attached hydrogen (secondary N) is 1. The zero-order valence-corrected chi connectivity index (χ0v) is 17.1. The summed E-state index contributed by atoms with van der Waals surface area (Å²) in [5.74, 6) is -1.12. The topological polar surface area (TPSA) is 105 Å². The van der Waals surface area contributed by atoms with Gasteiger partial charge < -0.3 is 20.7 Å². The van der Waals surface area contributed by atoms with Crippen LogP contribution in [0, 0.1) is 0 Å². The molecule has 2 aromatic rings. The highest BCUT2D eigenvalue weighted by Crippen LogP contribution is 2.21. The van der Waals surface area contributed by atoms with E-state index < -0.39 is 5.91 Å². The van der Waals surface area contributed by atoms with Gasteiger partial charge in [0.05, 0.1) is 30.5 Å². The Kier molecular flexibility index (Phi) is 6.68. The molecule has 0 radical (unpaired) electrons. The summed E-state index contributed by atoms with van der Waals surface area (Å²) in [6, 6.07) is 14.2. The number of nitrogens with zero attached hydrogens (tertiary/aromatic N) is 2. The van der Waals surface area contributed by atoms with Crippen LogP contribution in [0.3, 0.4) is 0 Å². The van der Waals surface area contributed by atoms with Gasteiger partial charge in [-0.15, -0.1) is 0 Å². The summed E-state index contributed by atoms with van der Waals surface area (Å²) in [7, 11) is 1.36. The highest BCUT2D eigenvalue weighted by Gasteiger charge is 2.26. The molecule has 30 heavy (non-hydrogen) atoms. The van der Waals surface area contributed by atoms with Gasteiger partial charge >= 0.3 is 5.97 Å². The standard InChI is InChI=1S/C22H26N4O4/c1-15-13-26(17-9-7-16(8-10-17)22(29)30-2)12-11-25(15)14-20(27)24-19-6-4-3-5-18(19)21(23)28/h3-10,15H,11-14H2,1-2H3,(H2,23,28)(H,24,27). The molecule has 1 heterocycles. The Balaban J connectivity index is 1.57. The number of ether oxygens (including phenoxy) is 1. The molecule has 1 aliphatic heterocycles. The lowest BCUT2D eigenvalue weighted by Gasteiger charge is -2.40.